The number of ether oxygens (including phenoxy) is 4. The number of benzene rings is 1. The maximum Gasteiger partial charge on any atom is 0.534 e. The van der Waals surface area contributed by atoms with Crippen LogP contribution in [0.4, 0.5) is 13.2 Å². The Morgan fingerprint density at radius 1 is 1.07 bits per heavy atom. The first-order chi connectivity index (χ1) is 12.5. The molecule has 1 aromatic rings. The van der Waals surface area contributed by atoms with Crippen LogP contribution in [0.3, 0.4) is 0 Å². The van der Waals surface area contributed by atoms with Crippen molar-refractivity contribution in [2.24, 2.45) is 0 Å². The van der Waals surface area contributed by atoms with E-state index in [-0.39, 0.29) is 18.8 Å². The predicted octanol–water partition coefficient (Wildman–Crippen LogP) is 2.91. The van der Waals surface area contributed by atoms with Crippen LogP contribution in [0.5, 0.6) is 17.2 Å². The van der Waals surface area contributed by atoms with Crippen LogP contribution in [-0.2, 0) is 26.2 Å². The average molecular weight is 437 g/mol. The SMILES string of the molecule is CCOC(=O)c1c(COC)c(Cl)c(OC)c(OS(=O)(=O)C(F)(F)F)c1OC. The molecule has 154 valence electrons. The van der Waals surface area contributed by atoms with Crippen LogP contribution in [0.15, 0.2) is 0 Å². The molecule has 0 radical (unpaired) electrons. The van der Waals surface area contributed by atoms with Gasteiger partial charge in [0, 0.05) is 12.7 Å². The third kappa shape index (κ3) is 4.68. The van der Waals surface area contributed by atoms with Gasteiger partial charge in [0.05, 0.1) is 32.5 Å². The number of carbonyl (C=O) groups excluding carboxylic acids is 1. The molecule has 13 heteroatoms. The zero-order chi connectivity index (χ0) is 21.0. The molecule has 0 aliphatic heterocycles. The molecule has 0 amide bonds. The highest BCUT2D eigenvalue weighted by Crippen LogP contribution is 2.49. The Kier molecular flexibility index (Phi) is 7.57. The van der Waals surface area contributed by atoms with Gasteiger partial charge in [-0.25, -0.2) is 4.79 Å². The second kappa shape index (κ2) is 8.85. The Morgan fingerprint density at radius 2 is 1.63 bits per heavy atom. The van der Waals surface area contributed by atoms with E-state index < -0.39 is 49.4 Å². The van der Waals surface area contributed by atoms with Gasteiger partial charge < -0.3 is 23.1 Å². The summed E-state index contributed by atoms with van der Waals surface area (Å²) in [6, 6.07) is 0. The monoisotopic (exact) mass is 436 g/mol. The van der Waals surface area contributed by atoms with E-state index in [2.05, 4.69) is 4.18 Å². The number of esters is 1. The summed E-state index contributed by atoms with van der Waals surface area (Å²) in [5.41, 5.74) is -6.26. The summed E-state index contributed by atoms with van der Waals surface area (Å²) in [7, 11) is -2.86. The normalized spacial score (nSPS) is 11.9. The van der Waals surface area contributed by atoms with Crippen molar-refractivity contribution < 1.29 is 49.5 Å². The highest BCUT2D eigenvalue weighted by Gasteiger charge is 2.50. The van der Waals surface area contributed by atoms with Crippen LogP contribution < -0.4 is 13.7 Å². The second-order valence-corrected chi connectivity index (χ2v) is 6.62. The first-order valence-corrected chi connectivity index (χ1v) is 8.88. The fraction of sp³-hybridized carbons (Fsp3) is 0.500. The molecule has 8 nitrogen and oxygen atoms in total. The van der Waals surface area contributed by atoms with E-state index in [1.807, 2.05) is 0 Å². The molecule has 0 N–H and O–H groups in total. The lowest BCUT2D eigenvalue weighted by molar-refractivity contribution is -0.0501. The largest absolute Gasteiger partial charge is 0.534 e. The molecule has 0 unspecified atom stereocenters. The second-order valence-electron chi connectivity index (χ2n) is 4.70. The molecular formula is C14H16ClF3O8S. The maximum atomic E-state index is 12.7. The fourth-order valence-electron chi connectivity index (χ4n) is 2.01. The molecule has 1 rings (SSSR count). The lowest BCUT2D eigenvalue weighted by Gasteiger charge is -2.21. The Labute approximate surface area is 158 Å². The van der Waals surface area contributed by atoms with Gasteiger partial charge in [0.1, 0.15) is 5.56 Å². The molecular weight excluding hydrogens is 421 g/mol. The van der Waals surface area contributed by atoms with Crippen molar-refractivity contribution in [3.05, 3.63) is 16.1 Å². The number of alkyl halides is 3. The summed E-state index contributed by atoms with van der Waals surface area (Å²) in [5.74, 6) is -3.36. The van der Waals surface area contributed by atoms with Gasteiger partial charge >= 0.3 is 21.6 Å². The number of hydrogen-bond donors (Lipinski definition) is 0. The molecule has 0 bridgehead atoms. The number of rotatable bonds is 8. The molecule has 1 aromatic carbocycles. The van der Waals surface area contributed by atoms with Crippen LogP contribution in [0.25, 0.3) is 0 Å². The molecule has 0 aliphatic carbocycles. The van der Waals surface area contributed by atoms with E-state index >= 15 is 0 Å². The Bertz CT molecular complexity index is 808. The van der Waals surface area contributed by atoms with Crippen molar-refractivity contribution in [2.45, 2.75) is 19.0 Å². The quantitative estimate of drug-likeness (QED) is 0.348. The van der Waals surface area contributed by atoms with Crippen molar-refractivity contribution in [3.63, 3.8) is 0 Å². The van der Waals surface area contributed by atoms with Crippen molar-refractivity contribution in [1.29, 1.82) is 0 Å². The number of carbonyl (C=O) groups is 1. The molecule has 0 aliphatic rings. The summed E-state index contributed by atoms with van der Waals surface area (Å²) in [6.07, 6.45) is 0. The molecule has 0 saturated carbocycles. The van der Waals surface area contributed by atoms with Crippen LogP contribution in [0.2, 0.25) is 5.02 Å². The summed E-state index contributed by atoms with van der Waals surface area (Å²) in [6.45, 7) is 1.11. The maximum absolute atomic E-state index is 12.7. The Morgan fingerprint density at radius 3 is 2.04 bits per heavy atom. The van der Waals surface area contributed by atoms with Gasteiger partial charge in [-0.15, -0.1) is 0 Å². The molecule has 0 atom stereocenters. The van der Waals surface area contributed by atoms with Crippen molar-refractivity contribution in [2.75, 3.05) is 27.9 Å². The van der Waals surface area contributed by atoms with E-state index in [1.54, 1.807) is 0 Å². The highest BCUT2D eigenvalue weighted by molar-refractivity contribution is 7.88. The van der Waals surface area contributed by atoms with E-state index in [9.17, 15) is 26.4 Å². The molecule has 0 fully saturated rings. The standard InChI is InChI=1S/C14H16ClF3O8S/c1-5-25-13(19)8-7(6-22-2)9(15)11(24-4)12(10(8)23-3)26-27(20,21)14(16,17)18/h5-6H2,1-4H3. The number of hydrogen-bond acceptors (Lipinski definition) is 8. The zero-order valence-corrected chi connectivity index (χ0v) is 16.2. The summed E-state index contributed by atoms with van der Waals surface area (Å²) in [5, 5.41) is -0.407. The third-order valence-corrected chi connectivity index (χ3v) is 4.41. The van der Waals surface area contributed by atoms with E-state index in [0.29, 0.717) is 0 Å². The lowest BCUT2D eigenvalue weighted by Crippen LogP contribution is -2.28. The van der Waals surface area contributed by atoms with Gasteiger partial charge in [0.2, 0.25) is 5.75 Å². The van der Waals surface area contributed by atoms with Gasteiger partial charge in [-0.2, -0.15) is 21.6 Å². The smallest absolute Gasteiger partial charge is 0.492 e. The third-order valence-electron chi connectivity index (χ3n) is 3.06. The van der Waals surface area contributed by atoms with Crippen LogP contribution in [0, 0.1) is 0 Å². The fourth-order valence-corrected chi connectivity index (χ4v) is 2.79. The first kappa shape index (κ1) is 23.1. The lowest BCUT2D eigenvalue weighted by atomic mass is 10.0. The van der Waals surface area contributed by atoms with Crippen molar-refractivity contribution in [3.8, 4) is 17.2 Å². The van der Waals surface area contributed by atoms with Crippen LogP contribution >= 0.6 is 11.6 Å². The Balaban J connectivity index is 3.89. The van der Waals surface area contributed by atoms with Crippen LogP contribution in [0.1, 0.15) is 22.8 Å². The van der Waals surface area contributed by atoms with E-state index in [0.717, 1.165) is 14.2 Å². The molecule has 0 heterocycles. The first-order valence-electron chi connectivity index (χ1n) is 7.09. The predicted molar refractivity (Wildman–Crippen MR) is 86.8 cm³/mol. The van der Waals surface area contributed by atoms with Gasteiger partial charge in [0.25, 0.3) is 0 Å². The number of halogens is 4. The minimum Gasteiger partial charge on any atom is -0.492 e. The van der Waals surface area contributed by atoms with Gasteiger partial charge in [-0.05, 0) is 6.92 Å². The molecule has 27 heavy (non-hydrogen) atoms. The summed E-state index contributed by atoms with van der Waals surface area (Å²) >= 11 is 6.09. The highest BCUT2D eigenvalue weighted by atomic mass is 35.5. The molecule has 0 aromatic heterocycles. The average Bonchev–Trinajstić information content (AvgIpc) is 2.56. The van der Waals surface area contributed by atoms with Gasteiger partial charge in [-0.1, -0.05) is 11.6 Å². The minimum absolute atomic E-state index is 0.0527. The molecule has 0 spiro atoms. The van der Waals surface area contributed by atoms with Gasteiger partial charge in [-0.3, -0.25) is 0 Å². The summed E-state index contributed by atoms with van der Waals surface area (Å²) in [4.78, 5) is 12.3. The minimum atomic E-state index is -6.11. The molecule has 0 saturated heterocycles. The van der Waals surface area contributed by atoms with E-state index in [4.69, 9.17) is 30.5 Å². The van der Waals surface area contributed by atoms with Crippen molar-refractivity contribution in [1.82, 2.24) is 0 Å². The topological polar surface area (TPSA) is 97.4 Å². The van der Waals surface area contributed by atoms with Gasteiger partial charge in [0.15, 0.2) is 11.5 Å². The Hall–Kier alpha value is -1.92. The van der Waals surface area contributed by atoms with E-state index in [1.165, 1.54) is 14.0 Å². The summed E-state index contributed by atoms with van der Waals surface area (Å²) < 4.78 is 84.8. The zero-order valence-electron chi connectivity index (χ0n) is 14.6. The van der Waals surface area contributed by atoms with Crippen LogP contribution in [-0.4, -0.2) is 47.8 Å². The van der Waals surface area contributed by atoms with Crippen molar-refractivity contribution >= 4 is 27.7 Å². The number of methoxy groups -OCH3 is 3.